The van der Waals surface area contributed by atoms with Gasteiger partial charge < -0.3 is 5.73 Å². The Balaban J connectivity index is 2.72. The van der Waals surface area contributed by atoms with Crippen molar-refractivity contribution >= 4 is 0 Å². The number of nitriles is 1. The smallest absolute Gasteiger partial charge is 0.105 e. The third-order valence-corrected chi connectivity index (χ3v) is 1.67. The molecule has 2 nitrogen and oxygen atoms in total. The van der Waals surface area contributed by atoms with E-state index in [9.17, 15) is 0 Å². The van der Waals surface area contributed by atoms with Crippen LogP contribution in [0.4, 0.5) is 0 Å². The van der Waals surface area contributed by atoms with Crippen LogP contribution in [-0.4, -0.2) is 5.54 Å². The summed E-state index contributed by atoms with van der Waals surface area (Å²) < 4.78 is 0. The van der Waals surface area contributed by atoms with Crippen LogP contribution in [-0.2, 0) is 6.42 Å². The SMILES string of the molecule is C[C@](N)(C#N)Cc1ccccc1. The van der Waals surface area contributed by atoms with Gasteiger partial charge in [-0.05, 0) is 12.5 Å². The molecule has 0 aromatic heterocycles. The van der Waals surface area contributed by atoms with Gasteiger partial charge in [-0.15, -0.1) is 0 Å². The third kappa shape index (κ3) is 2.37. The van der Waals surface area contributed by atoms with Crippen molar-refractivity contribution in [1.82, 2.24) is 0 Å². The van der Waals surface area contributed by atoms with Gasteiger partial charge in [0.05, 0.1) is 6.07 Å². The molecule has 0 spiro atoms. The number of nitrogens with two attached hydrogens (primary N) is 1. The van der Waals surface area contributed by atoms with Crippen LogP contribution < -0.4 is 5.73 Å². The quantitative estimate of drug-likeness (QED) is 0.712. The molecule has 0 aliphatic heterocycles. The zero-order valence-electron chi connectivity index (χ0n) is 7.12. The Bertz CT molecular complexity index is 282. The molecule has 2 heteroatoms. The first-order chi connectivity index (χ1) is 5.64. The number of hydrogen-bond donors (Lipinski definition) is 1. The van der Waals surface area contributed by atoms with Gasteiger partial charge in [0.15, 0.2) is 0 Å². The fourth-order valence-corrected chi connectivity index (χ4v) is 1.06. The summed E-state index contributed by atoms with van der Waals surface area (Å²) in [6.07, 6.45) is 0.602. The van der Waals surface area contributed by atoms with Crippen LogP contribution in [0.1, 0.15) is 12.5 Å². The minimum atomic E-state index is -0.749. The van der Waals surface area contributed by atoms with Gasteiger partial charge in [0.2, 0.25) is 0 Å². The first-order valence-corrected chi connectivity index (χ1v) is 3.88. The molecule has 0 radical (unpaired) electrons. The molecular weight excluding hydrogens is 148 g/mol. The molecule has 0 fully saturated rings. The van der Waals surface area contributed by atoms with E-state index in [1.54, 1.807) is 6.92 Å². The minimum Gasteiger partial charge on any atom is -0.313 e. The van der Waals surface area contributed by atoms with Crippen molar-refractivity contribution in [2.75, 3.05) is 0 Å². The Morgan fingerprint density at radius 3 is 2.50 bits per heavy atom. The second kappa shape index (κ2) is 3.38. The highest BCUT2D eigenvalue weighted by molar-refractivity contribution is 5.20. The topological polar surface area (TPSA) is 49.8 Å². The number of nitrogens with zero attached hydrogens (tertiary/aromatic N) is 1. The Kier molecular flexibility index (Phi) is 2.47. The number of hydrogen-bond acceptors (Lipinski definition) is 2. The van der Waals surface area contributed by atoms with E-state index in [0.29, 0.717) is 6.42 Å². The normalized spacial score (nSPS) is 14.8. The molecular formula is C10H12N2. The molecule has 1 aromatic rings. The zero-order chi connectivity index (χ0) is 9.03. The van der Waals surface area contributed by atoms with Gasteiger partial charge in [-0.2, -0.15) is 5.26 Å². The van der Waals surface area contributed by atoms with Gasteiger partial charge in [0.25, 0.3) is 0 Å². The summed E-state index contributed by atoms with van der Waals surface area (Å²) in [6, 6.07) is 11.9. The van der Waals surface area contributed by atoms with Crippen LogP contribution in [0.15, 0.2) is 30.3 Å². The standard InChI is InChI=1S/C10H12N2/c1-10(12,8-11)7-9-5-3-2-4-6-9/h2-6H,7,12H2,1H3/t10-/m1/s1. The van der Waals surface area contributed by atoms with Crippen molar-refractivity contribution in [2.45, 2.75) is 18.9 Å². The van der Waals surface area contributed by atoms with Gasteiger partial charge in [-0.3, -0.25) is 0 Å². The van der Waals surface area contributed by atoms with Gasteiger partial charge >= 0.3 is 0 Å². The molecule has 2 N–H and O–H groups in total. The van der Waals surface area contributed by atoms with Crippen molar-refractivity contribution in [2.24, 2.45) is 5.73 Å². The molecule has 0 saturated heterocycles. The molecule has 0 amide bonds. The fourth-order valence-electron chi connectivity index (χ4n) is 1.06. The summed E-state index contributed by atoms with van der Waals surface area (Å²) in [6.45, 7) is 1.74. The van der Waals surface area contributed by atoms with E-state index in [1.807, 2.05) is 30.3 Å². The lowest BCUT2D eigenvalue weighted by Gasteiger charge is -2.14. The first-order valence-electron chi connectivity index (χ1n) is 3.88. The van der Waals surface area contributed by atoms with Crippen molar-refractivity contribution in [3.8, 4) is 6.07 Å². The second-order valence-corrected chi connectivity index (χ2v) is 3.19. The van der Waals surface area contributed by atoms with Crippen LogP contribution >= 0.6 is 0 Å². The zero-order valence-corrected chi connectivity index (χ0v) is 7.12. The molecule has 0 aliphatic rings. The summed E-state index contributed by atoms with van der Waals surface area (Å²) in [5.41, 5.74) is 6.04. The van der Waals surface area contributed by atoms with E-state index in [4.69, 9.17) is 11.0 Å². The Labute approximate surface area is 72.6 Å². The fraction of sp³-hybridized carbons (Fsp3) is 0.300. The summed E-state index contributed by atoms with van der Waals surface area (Å²) in [5.74, 6) is 0. The van der Waals surface area contributed by atoms with E-state index in [0.717, 1.165) is 5.56 Å². The van der Waals surface area contributed by atoms with Crippen LogP contribution in [0.5, 0.6) is 0 Å². The van der Waals surface area contributed by atoms with Crippen molar-refractivity contribution < 1.29 is 0 Å². The number of benzene rings is 1. The van der Waals surface area contributed by atoms with E-state index in [2.05, 4.69) is 6.07 Å². The lowest BCUT2D eigenvalue weighted by molar-refractivity contribution is 0.596. The van der Waals surface area contributed by atoms with Crippen molar-refractivity contribution in [3.63, 3.8) is 0 Å². The molecule has 0 unspecified atom stereocenters. The van der Waals surface area contributed by atoms with Crippen molar-refractivity contribution in [1.29, 1.82) is 5.26 Å². The van der Waals surface area contributed by atoms with E-state index in [1.165, 1.54) is 0 Å². The average Bonchev–Trinajstić information content (AvgIpc) is 2.06. The van der Waals surface area contributed by atoms with E-state index >= 15 is 0 Å². The van der Waals surface area contributed by atoms with Gasteiger partial charge in [0, 0.05) is 6.42 Å². The van der Waals surface area contributed by atoms with E-state index in [-0.39, 0.29) is 0 Å². The molecule has 1 atom stereocenters. The Morgan fingerprint density at radius 1 is 1.42 bits per heavy atom. The third-order valence-electron chi connectivity index (χ3n) is 1.67. The van der Waals surface area contributed by atoms with Crippen LogP contribution in [0, 0.1) is 11.3 Å². The summed E-state index contributed by atoms with van der Waals surface area (Å²) in [5, 5.41) is 8.68. The molecule has 1 aromatic carbocycles. The Hall–Kier alpha value is -1.33. The average molecular weight is 160 g/mol. The maximum Gasteiger partial charge on any atom is 0.105 e. The van der Waals surface area contributed by atoms with Gasteiger partial charge in [-0.25, -0.2) is 0 Å². The maximum absolute atomic E-state index is 8.68. The largest absolute Gasteiger partial charge is 0.313 e. The molecule has 1 rings (SSSR count). The van der Waals surface area contributed by atoms with E-state index < -0.39 is 5.54 Å². The molecule has 0 aliphatic carbocycles. The molecule has 0 bridgehead atoms. The van der Waals surface area contributed by atoms with Crippen LogP contribution in [0.25, 0.3) is 0 Å². The van der Waals surface area contributed by atoms with Gasteiger partial charge in [-0.1, -0.05) is 30.3 Å². The van der Waals surface area contributed by atoms with Crippen molar-refractivity contribution in [3.05, 3.63) is 35.9 Å². The lowest BCUT2D eigenvalue weighted by atomic mass is 9.96. The van der Waals surface area contributed by atoms with Crippen LogP contribution in [0.3, 0.4) is 0 Å². The molecule has 0 heterocycles. The predicted octanol–water partition coefficient (Wildman–Crippen LogP) is 1.47. The monoisotopic (exact) mass is 160 g/mol. The summed E-state index contributed by atoms with van der Waals surface area (Å²) in [4.78, 5) is 0. The number of rotatable bonds is 2. The highest BCUT2D eigenvalue weighted by Gasteiger charge is 2.16. The second-order valence-electron chi connectivity index (χ2n) is 3.19. The summed E-state index contributed by atoms with van der Waals surface area (Å²) in [7, 11) is 0. The molecule has 62 valence electrons. The summed E-state index contributed by atoms with van der Waals surface area (Å²) >= 11 is 0. The Morgan fingerprint density at radius 2 is 2.00 bits per heavy atom. The highest BCUT2D eigenvalue weighted by atomic mass is 14.7. The first kappa shape index (κ1) is 8.76. The molecule has 12 heavy (non-hydrogen) atoms. The van der Waals surface area contributed by atoms with Crippen LogP contribution in [0.2, 0.25) is 0 Å². The predicted molar refractivity (Wildman–Crippen MR) is 48.4 cm³/mol. The maximum atomic E-state index is 8.68. The minimum absolute atomic E-state index is 0.602. The van der Waals surface area contributed by atoms with Gasteiger partial charge in [0.1, 0.15) is 5.54 Å². The lowest BCUT2D eigenvalue weighted by Crippen LogP contribution is -2.36. The highest BCUT2D eigenvalue weighted by Crippen LogP contribution is 2.08. The molecule has 0 saturated carbocycles.